The summed E-state index contributed by atoms with van der Waals surface area (Å²) < 4.78 is 5.64. The highest BCUT2D eigenvalue weighted by molar-refractivity contribution is 6.30. The van der Waals surface area contributed by atoms with Crippen LogP contribution in [0.1, 0.15) is 12.0 Å². The van der Waals surface area contributed by atoms with Gasteiger partial charge in [0.15, 0.2) is 0 Å². The molecule has 0 radical (unpaired) electrons. The third-order valence-electron chi connectivity index (χ3n) is 2.79. The smallest absolute Gasteiger partial charge is 0.320 e. The first-order valence-corrected chi connectivity index (χ1v) is 5.85. The Bertz CT molecular complexity index is 393. The van der Waals surface area contributed by atoms with Crippen molar-refractivity contribution in [1.82, 2.24) is 5.32 Å². The summed E-state index contributed by atoms with van der Waals surface area (Å²) in [4.78, 5) is 10.7. The summed E-state index contributed by atoms with van der Waals surface area (Å²) in [6.07, 6.45) is 0.481. The number of hydrogen-bond donors (Lipinski definition) is 2. The zero-order valence-electron chi connectivity index (χ0n) is 9.23. The van der Waals surface area contributed by atoms with Gasteiger partial charge in [0.2, 0.25) is 0 Å². The molecule has 92 valence electrons. The van der Waals surface area contributed by atoms with E-state index in [1.807, 2.05) is 24.3 Å². The molecule has 0 spiro atoms. The van der Waals surface area contributed by atoms with Crippen LogP contribution in [0.3, 0.4) is 0 Å². The van der Waals surface area contributed by atoms with Crippen LogP contribution in [0.2, 0.25) is 5.02 Å². The molecule has 0 unspecified atom stereocenters. The maximum Gasteiger partial charge on any atom is 0.320 e. The predicted octanol–water partition coefficient (Wildman–Crippen LogP) is 1.67. The van der Waals surface area contributed by atoms with Gasteiger partial charge in [0.25, 0.3) is 0 Å². The van der Waals surface area contributed by atoms with Gasteiger partial charge < -0.3 is 15.2 Å². The van der Waals surface area contributed by atoms with E-state index >= 15 is 0 Å². The van der Waals surface area contributed by atoms with Crippen LogP contribution in [0.25, 0.3) is 0 Å². The molecule has 1 aromatic rings. The van der Waals surface area contributed by atoms with Crippen LogP contribution in [0.15, 0.2) is 24.3 Å². The molecule has 1 saturated heterocycles. The van der Waals surface area contributed by atoms with E-state index in [-0.39, 0.29) is 6.10 Å². The number of carbonyl (C=O) groups is 1. The van der Waals surface area contributed by atoms with Crippen LogP contribution < -0.4 is 5.32 Å². The number of hydrogen-bond acceptors (Lipinski definition) is 3. The summed E-state index contributed by atoms with van der Waals surface area (Å²) in [5, 5.41) is 12.4. The van der Waals surface area contributed by atoms with Crippen molar-refractivity contribution in [3.05, 3.63) is 34.9 Å². The summed E-state index contributed by atoms with van der Waals surface area (Å²) in [5.41, 5.74) is 1.04. The second-order valence-electron chi connectivity index (χ2n) is 4.09. The molecule has 0 aliphatic carbocycles. The Morgan fingerprint density at radius 3 is 2.76 bits per heavy atom. The summed E-state index contributed by atoms with van der Waals surface area (Å²) >= 11 is 5.78. The van der Waals surface area contributed by atoms with E-state index < -0.39 is 12.0 Å². The number of rotatable bonds is 4. The number of carboxylic acid groups (broad SMARTS) is 1. The molecule has 1 aliphatic heterocycles. The minimum atomic E-state index is -0.817. The van der Waals surface area contributed by atoms with Crippen LogP contribution in [-0.2, 0) is 16.1 Å². The van der Waals surface area contributed by atoms with E-state index in [2.05, 4.69) is 5.32 Å². The molecule has 4 nitrogen and oxygen atoms in total. The monoisotopic (exact) mass is 255 g/mol. The van der Waals surface area contributed by atoms with Gasteiger partial charge in [-0.25, -0.2) is 0 Å². The minimum absolute atomic E-state index is 0.0354. The average Bonchev–Trinajstić information content (AvgIpc) is 2.77. The number of aliphatic carboxylic acids is 1. The van der Waals surface area contributed by atoms with E-state index in [1.165, 1.54) is 0 Å². The third kappa shape index (κ3) is 3.43. The number of nitrogens with one attached hydrogen (secondary N) is 1. The Kier molecular flexibility index (Phi) is 3.99. The SMILES string of the molecule is O=C(O)[C@@H]1C[C@H](OCc2ccc(Cl)cc2)CN1. The summed E-state index contributed by atoms with van der Waals surface area (Å²) in [6.45, 7) is 1.07. The maximum atomic E-state index is 10.7. The van der Waals surface area contributed by atoms with Gasteiger partial charge >= 0.3 is 5.97 Å². The molecule has 0 aromatic heterocycles. The van der Waals surface area contributed by atoms with Gasteiger partial charge in [0.05, 0.1) is 12.7 Å². The lowest BCUT2D eigenvalue weighted by molar-refractivity contribution is -0.139. The van der Waals surface area contributed by atoms with Crippen LogP contribution in [0.5, 0.6) is 0 Å². The van der Waals surface area contributed by atoms with Crippen LogP contribution >= 0.6 is 11.6 Å². The first-order chi connectivity index (χ1) is 8.15. The molecule has 2 atom stereocenters. The van der Waals surface area contributed by atoms with Crippen molar-refractivity contribution in [1.29, 1.82) is 0 Å². The van der Waals surface area contributed by atoms with Gasteiger partial charge in [0, 0.05) is 18.0 Å². The Labute approximate surface area is 105 Å². The zero-order valence-corrected chi connectivity index (χ0v) is 9.98. The van der Waals surface area contributed by atoms with E-state index in [9.17, 15) is 4.79 Å². The first-order valence-electron chi connectivity index (χ1n) is 5.47. The van der Waals surface area contributed by atoms with Crippen molar-refractivity contribution in [3.63, 3.8) is 0 Å². The standard InChI is InChI=1S/C12H14ClNO3/c13-9-3-1-8(2-4-9)7-17-10-5-11(12(15)16)14-6-10/h1-4,10-11,14H,5-7H2,(H,15,16)/t10-,11-/m0/s1. The van der Waals surface area contributed by atoms with Gasteiger partial charge in [0.1, 0.15) is 6.04 Å². The molecule has 1 heterocycles. The van der Waals surface area contributed by atoms with Crippen molar-refractivity contribution < 1.29 is 14.6 Å². The molecule has 1 fully saturated rings. The number of carboxylic acids is 1. The van der Waals surface area contributed by atoms with Crippen LogP contribution in [0.4, 0.5) is 0 Å². The fourth-order valence-electron chi connectivity index (χ4n) is 1.81. The fourth-order valence-corrected chi connectivity index (χ4v) is 1.94. The molecular formula is C12H14ClNO3. The molecule has 0 saturated carbocycles. The highest BCUT2D eigenvalue weighted by Crippen LogP contribution is 2.15. The predicted molar refractivity (Wildman–Crippen MR) is 64.1 cm³/mol. The molecule has 0 bridgehead atoms. The van der Waals surface area contributed by atoms with E-state index in [1.54, 1.807) is 0 Å². The summed E-state index contributed by atoms with van der Waals surface area (Å²) in [5.74, 6) is -0.817. The Hall–Kier alpha value is -1.10. The summed E-state index contributed by atoms with van der Waals surface area (Å²) in [6, 6.07) is 6.95. The average molecular weight is 256 g/mol. The van der Waals surface area contributed by atoms with Crippen molar-refractivity contribution in [3.8, 4) is 0 Å². The van der Waals surface area contributed by atoms with Gasteiger partial charge in [-0.05, 0) is 17.7 Å². The van der Waals surface area contributed by atoms with Crippen LogP contribution in [0, 0.1) is 0 Å². The zero-order chi connectivity index (χ0) is 12.3. The topological polar surface area (TPSA) is 58.6 Å². The largest absolute Gasteiger partial charge is 0.480 e. The van der Waals surface area contributed by atoms with Crippen LogP contribution in [-0.4, -0.2) is 29.8 Å². The van der Waals surface area contributed by atoms with Gasteiger partial charge in [-0.3, -0.25) is 4.79 Å². The lowest BCUT2D eigenvalue weighted by atomic mass is 10.2. The lowest BCUT2D eigenvalue weighted by Gasteiger charge is -2.10. The number of benzene rings is 1. The summed E-state index contributed by atoms with van der Waals surface area (Å²) in [7, 11) is 0. The Morgan fingerprint density at radius 2 is 2.18 bits per heavy atom. The molecular weight excluding hydrogens is 242 g/mol. The highest BCUT2D eigenvalue weighted by Gasteiger charge is 2.29. The molecule has 2 rings (SSSR count). The maximum absolute atomic E-state index is 10.7. The van der Waals surface area contributed by atoms with Crippen molar-refractivity contribution >= 4 is 17.6 Å². The van der Waals surface area contributed by atoms with E-state index in [4.69, 9.17) is 21.4 Å². The first kappa shape index (κ1) is 12.4. The van der Waals surface area contributed by atoms with Gasteiger partial charge in [-0.15, -0.1) is 0 Å². The van der Waals surface area contributed by atoms with E-state index in [0.29, 0.717) is 24.6 Å². The number of ether oxygens (including phenoxy) is 1. The Balaban J connectivity index is 1.80. The quantitative estimate of drug-likeness (QED) is 0.859. The molecule has 1 aliphatic rings. The Morgan fingerprint density at radius 1 is 1.47 bits per heavy atom. The van der Waals surface area contributed by atoms with Crippen molar-refractivity contribution in [2.75, 3.05) is 6.54 Å². The molecule has 2 N–H and O–H groups in total. The van der Waals surface area contributed by atoms with E-state index in [0.717, 1.165) is 5.56 Å². The number of halogens is 1. The second kappa shape index (κ2) is 5.49. The van der Waals surface area contributed by atoms with Gasteiger partial charge in [-0.1, -0.05) is 23.7 Å². The molecule has 17 heavy (non-hydrogen) atoms. The molecule has 5 heteroatoms. The lowest BCUT2D eigenvalue weighted by Crippen LogP contribution is -2.29. The van der Waals surface area contributed by atoms with Gasteiger partial charge in [-0.2, -0.15) is 0 Å². The van der Waals surface area contributed by atoms with Crippen molar-refractivity contribution in [2.24, 2.45) is 0 Å². The third-order valence-corrected chi connectivity index (χ3v) is 3.04. The van der Waals surface area contributed by atoms with Crippen molar-refractivity contribution in [2.45, 2.75) is 25.2 Å². The molecule has 1 aromatic carbocycles. The normalized spacial score (nSPS) is 23.8. The fraction of sp³-hybridized carbons (Fsp3) is 0.417. The molecule has 0 amide bonds. The minimum Gasteiger partial charge on any atom is -0.480 e. The second-order valence-corrected chi connectivity index (χ2v) is 4.53. The highest BCUT2D eigenvalue weighted by atomic mass is 35.5.